The van der Waals surface area contributed by atoms with E-state index in [0.717, 1.165) is 16.8 Å². The van der Waals surface area contributed by atoms with Gasteiger partial charge in [-0.25, -0.2) is 9.07 Å². The van der Waals surface area contributed by atoms with Gasteiger partial charge in [0.1, 0.15) is 18.2 Å². The van der Waals surface area contributed by atoms with Gasteiger partial charge in [0.05, 0.1) is 30.0 Å². The molecule has 35 heavy (non-hydrogen) atoms. The molecule has 0 bridgehead atoms. The number of aromatic nitrogens is 4. The van der Waals surface area contributed by atoms with Crippen LogP contribution in [-0.4, -0.2) is 44.6 Å². The van der Waals surface area contributed by atoms with Gasteiger partial charge in [-0.1, -0.05) is 42.5 Å². The van der Waals surface area contributed by atoms with Crippen LogP contribution in [0.3, 0.4) is 0 Å². The molecule has 1 aliphatic heterocycles. The Hall–Kier alpha value is -4.60. The highest BCUT2D eigenvalue weighted by molar-refractivity contribution is 6.03. The molecule has 0 aliphatic carbocycles. The second kappa shape index (κ2) is 9.72. The van der Waals surface area contributed by atoms with Crippen molar-refractivity contribution in [3.63, 3.8) is 0 Å². The van der Waals surface area contributed by atoms with Crippen LogP contribution in [0.5, 0.6) is 0 Å². The Kier molecular flexibility index (Phi) is 6.16. The van der Waals surface area contributed by atoms with Gasteiger partial charge in [-0.3, -0.25) is 9.59 Å². The van der Waals surface area contributed by atoms with E-state index >= 15 is 0 Å². The zero-order valence-electron chi connectivity index (χ0n) is 18.6. The van der Waals surface area contributed by atoms with Crippen LogP contribution >= 0.6 is 0 Å². The summed E-state index contributed by atoms with van der Waals surface area (Å²) in [4.78, 5) is 27.9. The zero-order valence-corrected chi connectivity index (χ0v) is 18.6. The molecule has 0 unspecified atom stereocenters. The second-order valence-corrected chi connectivity index (χ2v) is 8.17. The number of hydrogen-bond donors (Lipinski definition) is 2. The summed E-state index contributed by atoms with van der Waals surface area (Å²) in [7, 11) is 0. The van der Waals surface area contributed by atoms with Crippen molar-refractivity contribution in [1.82, 2.24) is 25.5 Å². The first-order chi connectivity index (χ1) is 17.1. The molecule has 3 aromatic carbocycles. The van der Waals surface area contributed by atoms with Crippen LogP contribution in [0.25, 0.3) is 5.69 Å². The van der Waals surface area contributed by atoms with Crippen LogP contribution in [0.4, 0.5) is 15.8 Å². The Morgan fingerprint density at radius 2 is 1.86 bits per heavy atom. The molecule has 0 saturated carbocycles. The average Bonchev–Trinajstić information content (AvgIpc) is 3.38. The average molecular weight is 471 g/mol. The van der Waals surface area contributed by atoms with Crippen LogP contribution in [0.2, 0.25) is 0 Å². The molecule has 2 N–H and O–H groups in total. The van der Waals surface area contributed by atoms with E-state index in [4.69, 9.17) is 0 Å². The Bertz CT molecular complexity index is 1330. The van der Waals surface area contributed by atoms with Crippen LogP contribution in [0.1, 0.15) is 11.1 Å². The molecule has 10 heteroatoms. The molecule has 0 spiro atoms. The summed E-state index contributed by atoms with van der Waals surface area (Å²) >= 11 is 0. The van der Waals surface area contributed by atoms with Crippen molar-refractivity contribution in [2.24, 2.45) is 0 Å². The summed E-state index contributed by atoms with van der Waals surface area (Å²) in [6, 6.07) is 20.2. The first-order valence-corrected chi connectivity index (χ1v) is 11.1. The van der Waals surface area contributed by atoms with E-state index in [0.29, 0.717) is 11.4 Å². The maximum atomic E-state index is 14.1. The Balaban J connectivity index is 1.32. The lowest BCUT2D eigenvalue weighted by Crippen LogP contribution is -2.50. The van der Waals surface area contributed by atoms with Gasteiger partial charge in [-0.2, -0.15) is 0 Å². The number of carbonyl (C=O) groups excluding carboxylic acids is 2. The highest BCUT2D eigenvalue weighted by Gasteiger charge is 2.31. The third-order valence-electron chi connectivity index (χ3n) is 5.74. The summed E-state index contributed by atoms with van der Waals surface area (Å²) in [5.41, 5.74) is 3.51. The molecule has 4 aromatic rings. The zero-order chi connectivity index (χ0) is 24.2. The third kappa shape index (κ3) is 5.01. The van der Waals surface area contributed by atoms with Gasteiger partial charge in [-0.05, 0) is 51.9 Å². The summed E-state index contributed by atoms with van der Waals surface area (Å²) in [5, 5.41) is 17.1. The van der Waals surface area contributed by atoms with Gasteiger partial charge in [0.2, 0.25) is 5.91 Å². The van der Waals surface area contributed by atoms with Crippen molar-refractivity contribution < 1.29 is 14.0 Å². The lowest BCUT2D eigenvalue weighted by atomic mass is 10.1. The van der Waals surface area contributed by atoms with E-state index in [1.165, 1.54) is 28.0 Å². The summed E-state index contributed by atoms with van der Waals surface area (Å²) < 4.78 is 15.6. The van der Waals surface area contributed by atoms with Crippen molar-refractivity contribution in [3.8, 4) is 5.69 Å². The van der Waals surface area contributed by atoms with Gasteiger partial charge in [0.15, 0.2) is 0 Å². The van der Waals surface area contributed by atoms with Gasteiger partial charge in [0.25, 0.3) is 5.91 Å². The minimum absolute atomic E-state index is 0.0972. The molecule has 176 valence electrons. The molecule has 2 heterocycles. The number of nitrogens with one attached hydrogen (secondary N) is 2. The molecule has 1 atom stereocenters. The highest BCUT2D eigenvalue weighted by Crippen LogP contribution is 2.31. The van der Waals surface area contributed by atoms with Crippen LogP contribution in [0.15, 0.2) is 79.1 Å². The second-order valence-electron chi connectivity index (χ2n) is 8.17. The van der Waals surface area contributed by atoms with Crippen molar-refractivity contribution in [2.75, 3.05) is 16.8 Å². The largest absolute Gasteiger partial charge is 0.381 e. The lowest BCUT2D eigenvalue weighted by molar-refractivity contribution is -0.127. The van der Waals surface area contributed by atoms with E-state index in [2.05, 4.69) is 26.2 Å². The first-order valence-electron chi connectivity index (χ1n) is 11.1. The van der Waals surface area contributed by atoms with Gasteiger partial charge in [-0.15, -0.1) is 5.10 Å². The maximum absolute atomic E-state index is 14.1. The van der Waals surface area contributed by atoms with E-state index in [1.807, 2.05) is 54.6 Å². The molecule has 2 amide bonds. The van der Waals surface area contributed by atoms with E-state index < -0.39 is 11.9 Å². The van der Waals surface area contributed by atoms with Crippen LogP contribution < -0.4 is 15.5 Å². The molecule has 0 radical (unpaired) electrons. The number of halogens is 1. The molecule has 1 aliphatic rings. The van der Waals surface area contributed by atoms with Gasteiger partial charge >= 0.3 is 0 Å². The van der Waals surface area contributed by atoms with Crippen molar-refractivity contribution in [3.05, 3.63) is 96.1 Å². The maximum Gasteiger partial charge on any atom is 0.251 e. The van der Waals surface area contributed by atoms with Crippen molar-refractivity contribution in [1.29, 1.82) is 0 Å². The normalized spacial score (nSPS) is 15.2. The molecule has 0 fully saturated rings. The summed E-state index contributed by atoms with van der Waals surface area (Å²) in [6.45, 7) is 0.440. The smallest absolute Gasteiger partial charge is 0.251 e. The topological polar surface area (TPSA) is 105 Å². The number of nitrogens with zero attached hydrogens (tertiary/aromatic N) is 5. The standard InChI is InChI=1S/C25H22FN7O2/c26-19-8-11-21-23(13-19)32(15-18-4-2-1-3-5-18)25(35)22(14-27-21)29-24(34)12-17-6-9-20(10-7-17)33-16-28-30-31-33/h1-11,13,16,22,27H,12,14-15H2,(H,29,34)/t22-/m0/s1. The number of tetrazole rings is 1. The predicted molar refractivity (Wildman–Crippen MR) is 127 cm³/mol. The van der Waals surface area contributed by atoms with E-state index in [-0.39, 0.29) is 31.3 Å². The summed E-state index contributed by atoms with van der Waals surface area (Å²) in [6.07, 6.45) is 1.58. The van der Waals surface area contributed by atoms with Crippen LogP contribution in [-0.2, 0) is 22.6 Å². The fourth-order valence-electron chi connectivity index (χ4n) is 4.00. The quantitative estimate of drug-likeness (QED) is 0.448. The third-order valence-corrected chi connectivity index (χ3v) is 5.74. The van der Waals surface area contributed by atoms with Gasteiger partial charge in [0, 0.05) is 6.54 Å². The van der Waals surface area contributed by atoms with E-state index in [1.54, 1.807) is 6.07 Å². The molecular weight excluding hydrogens is 449 g/mol. The van der Waals surface area contributed by atoms with E-state index in [9.17, 15) is 14.0 Å². The number of carbonyl (C=O) groups is 2. The fourth-order valence-corrected chi connectivity index (χ4v) is 4.00. The number of hydrogen-bond acceptors (Lipinski definition) is 6. The predicted octanol–water partition coefficient (Wildman–Crippen LogP) is 2.49. The number of amides is 2. The van der Waals surface area contributed by atoms with Crippen LogP contribution in [0, 0.1) is 5.82 Å². The number of anilines is 2. The fraction of sp³-hybridized carbons (Fsp3) is 0.160. The number of rotatable bonds is 6. The van der Waals surface area contributed by atoms with Gasteiger partial charge < -0.3 is 15.5 Å². The molecular formula is C25H22FN7O2. The Morgan fingerprint density at radius 1 is 1.06 bits per heavy atom. The SMILES string of the molecule is O=C(Cc1ccc(-n2cnnn2)cc1)N[C@H]1CNc2ccc(F)cc2N(Cc2ccccc2)C1=O. The minimum atomic E-state index is -0.817. The van der Waals surface area contributed by atoms with Crippen molar-refractivity contribution in [2.45, 2.75) is 19.0 Å². The Morgan fingerprint density at radius 3 is 2.60 bits per heavy atom. The lowest BCUT2D eigenvalue weighted by Gasteiger charge is -2.26. The monoisotopic (exact) mass is 471 g/mol. The number of benzene rings is 3. The Labute approximate surface area is 200 Å². The minimum Gasteiger partial charge on any atom is -0.381 e. The number of fused-ring (bicyclic) bond motifs is 1. The molecule has 1 aromatic heterocycles. The first kappa shape index (κ1) is 22.2. The molecule has 9 nitrogen and oxygen atoms in total. The summed E-state index contributed by atoms with van der Waals surface area (Å²) in [5.74, 6) is -1.05. The molecule has 5 rings (SSSR count). The molecule has 0 saturated heterocycles. The van der Waals surface area contributed by atoms with Crippen molar-refractivity contribution >= 4 is 23.2 Å². The highest BCUT2D eigenvalue weighted by atomic mass is 19.1.